The molecule has 0 amide bonds. The normalized spacial score (nSPS) is 19.3. The number of ether oxygens (including phenoxy) is 2. The van der Waals surface area contributed by atoms with Gasteiger partial charge in [-0.1, -0.05) is 30.3 Å². The zero-order valence-corrected chi connectivity index (χ0v) is 15.6. The first kappa shape index (κ1) is 18.9. The molecule has 1 aromatic rings. The molecule has 0 bridgehead atoms. The maximum Gasteiger partial charge on any atom is 0.348 e. The summed E-state index contributed by atoms with van der Waals surface area (Å²) in [6, 6.07) is 12.2. The van der Waals surface area contributed by atoms with Crippen molar-refractivity contribution in [1.29, 1.82) is 5.26 Å². The number of rotatable bonds is 5. The molecule has 5 nitrogen and oxygen atoms in total. The molecule has 3 rings (SSSR count). The number of carbonyl (C=O) groups excluding carboxylic acids is 1. The standard InChI is InChI=1S/C22H24N2O3/c1-2-27-22(25)20(16-23)15-19-9-8-18(14-17-6-4-3-5-7-17)21(19)24-10-12-26-13-11-24/h3-7,14-15H,2,8-13H2,1H3. The molecular weight excluding hydrogens is 340 g/mol. The second-order valence-electron chi connectivity index (χ2n) is 6.44. The van der Waals surface area contributed by atoms with E-state index in [9.17, 15) is 10.1 Å². The van der Waals surface area contributed by atoms with Crippen LogP contribution in [0, 0.1) is 11.3 Å². The maximum atomic E-state index is 12.0. The number of morpholine rings is 1. The Balaban J connectivity index is 2.00. The maximum absolute atomic E-state index is 12.0. The van der Waals surface area contributed by atoms with Crippen LogP contribution in [0.4, 0.5) is 0 Å². The minimum absolute atomic E-state index is 0.0542. The van der Waals surface area contributed by atoms with E-state index in [4.69, 9.17) is 9.47 Å². The molecule has 1 aromatic carbocycles. The number of allylic oxidation sites excluding steroid dienone is 3. The van der Waals surface area contributed by atoms with Crippen LogP contribution in [-0.4, -0.2) is 43.8 Å². The van der Waals surface area contributed by atoms with Gasteiger partial charge in [-0.25, -0.2) is 4.79 Å². The van der Waals surface area contributed by atoms with Crippen LogP contribution in [0.2, 0.25) is 0 Å². The molecule has 1 heterocycles. The quantitative estimate of drug-likeness (QED) is 0.455. The SMILES string of the molecule is CCOC(=O)C(C#N)=CC1=C(N2CCOCC2)C(=Cc2ccccc2)CC1. The lowest BCUT2D eigenvalue weighted by molar-refractivity contribution is -0.138. The van der Waals surface area contributed by atoms with Crippen LogP contribution in [0.25, 0.3) is 6.08 Å². The number of hydrogen-bond acceptors (Lipinski definition) is 5. The van der Waals surface area contributed by atoms with E-state index in [0.717, 1.165) is 42.8 Å². The summed E-state index contributed by atoms with van der Waals surface area (Å²) in [5, 5.41) is 9.39. The third-order valence-electron chi connectivity index (χ3n) is 4.67. The number of benzene rings is 1. The summed E-state index contributed by atoms with van der Waals surface area (Å²) in [6.07, 6.45) is 5.58. The number of nitriles is 1. The third kappa shape index (κ3) is 4.66. The Kier molecular flexibility index (Phi) is 6.45. The van der Waals surface area contributed by atoms with Crippen molar-refractivity contribution in [1.82, 2.24) is 4.90 Å². The summed E-state index contributed by atoms with van der Waals surface area (Å²) in [5.74, 6) is -0.561. The van der Waals surface area contributed by atoms with Crippen LogP contribution < -0.4 is 0 Å². The lowest BCUT2D eigenvalue weighted by Gasteiger charge is -2.31. The summed E-state index contributed by atoms with van der Waals surface area (Å²) in [6.45, 7) is 4.97. The van der Waals surface area contributed by atoms with Crippen LogP contribution in [0.1, 0.15) is 25.3 Å². The van der Waals surface area contributed by atoms with E-state index in [1.165, 1.54) is 5.57 Å². The van der Waals surface area contributed by atoms with Gasteiger partial charge in [0.1, 0.15) is 11.6 Å². The lowest BCUT2D eigenvalue weighted by atomic mass is 10.1. The van der Waals surface area contributed by atoms with E-state index in [0.29, 0.717) is 13.2 Å². The highest BCUT2D eigenvalue weighted by atomic mass is 16.5. The Hall–Kier alpha value is -2.84. The van der Waals surface area contributed by atoms with Crippen molar-refractivity contribution in [3.8, 4) is 6.07 Å². The van der Waals surface area contributed by atoms with Crippen LogP contribution >= 0.6 is 0 Å². The fourth-order valence-corrected chi connectivity index (χ4v) is 3.46. The van der Waals surface area contributed by atoms with Gasteiger partial charge in [-0.05, 0) is 48.6 Å². The number of esters is 1. The van der Waals surface area contributed by atoms with Crippen molar-refractivity contribution < 1.29 is 14.3 Å². The van der Waals surface area contributed by atoms with E-state index in [1.54, 1.807) is 13.0 Å². The van der Waals surface area contributed by atoms with E-state index < -0.39 is 5.97 Å². The summed E-state index contributed by atoms with van der Waals surface area (Å²) in [5.41, 5.74) is 4.58. The number of nitrogens with zero attached hydrogens (tertiary/aromatic N) is 2. The Morgan fingerprint density at radius 3 is 2.67 bits per heavy atom. The van der Waals surface area contributed by atoms with Gasteiger partial charge in [-0.15, -0.1) is 0 Å². The summed E-state index contributed by atoms with van der Waals surface area (Å²) in [4.78, 5) is 14.3. The fraction of sp³-hybridized carbons (Fsp3) is 0.364. The van der Waals surface area contributed by atoms with Crippen molar-refractivity contribution in [2.24, 2.45) is 0 Å². The second-order valence-corrected chi connectivity index (χ2v) is 6.44. The summed E-state index contributed by atoms with van der Waals surface area (Å²) in [7, 11) is 0. The molecule has 0 radical (unpaired) electrons. The summed E-state index contributed by atoms with van der Waals surface area (Å²) < 4.78 is 10.5. The van der Waals surface area contributed by atoms with Gasteiger partial charge in [0.15, 0.2) is 0 Å². The zero-order chi connectivity index (χ0) is 19.1. The average Bonchev–Trinajstić information content (AvgIpc) is 3.09. The van der Waals surface area contributed by atoms with Crippen molar-refractivity contribution in [2.45, 2.75) is 19.8 Å². The van der Waals surface area contributed by atoms with Crippen molar-refractivity contribution in [3.63, 3.8) is 0 Å². The molecule has 0 spiro atoms. The lowest BCUT2D eigenvalue weighted by Crippen LogP contribution is -2.36. The first-order valence-corrected chi connectivity index (χ1v) is 9.33. The highest BCUT2D eigenvalue weighted by Crippen LogP contribution is 2.36. The second kappa shape index (κ2) is 9.20. The molecular formula is C22H24N2O3. The minimum atomic E-state index is -0.561. The molecule has 1 saturated heterocycles. The Bertz CT molecular complexity index is 810. The molecule has 1 aliphatic heterocycles. The highest BCUT2D eigenvalue weighted by molar-refractivity contribution is 5.93. The number of hydrogen-bond donors (Lipinski definition) is 0. The molecule has 0 N–H and O–H groups in total. The Morgan fingerprint density at radius 1 is 1.26 bits per heavy atom. The smallest absolute Gasteiger partial charge is 0.348 e. The van der Waals surface area contributed by atoms with E-state index in [-0.39, 0.29) is 12.2 Å². The third-order valence-corrected chi connectivity index (χ3v) is 4.67. The molecule has 140 valence electrons. The fourth-order valence-electron chi connectivity index (χ4n) is 3.46. The molecule has 2 aliphatic rings. The van der Waals surface area contributed by atoms with E-state index >= 15 is 0 Å². The molecule has 5 heteroatoms. The van der Waals surface area contributed by atoms with Crippen molar-refractivity contribution >= 4 is 12.0 Å². The monoisotopic (exact) mass is 364 g/mol. The van der Waals surface area contributed by atoms with Gasteiger partial charge >= 0.3 is 5.97 Å². The molecule has 27 heavy (non-hydrogen) atoms. The molecule has 0 saturated carbocycles. The largest absolute Gasteiger partial charge is 0.462 e. The first-order chi connectivity index (χ1) is 13.2. The van der Waals surface area contributed by atoms with Crippen LogP contribution in [0.15, 0.2) is 58.8 Å². The highest BCUT2D eigenvalue weighted by Gasteiger charge is 2.26. The zero-order valence-electron chi connectivity index (χ0n) is 15.6. The molecule has 1 aliphatic carbocycles. The van der Waals surface area contributed by atoms with Gasteiger partial charge in [-0.3, -0.25) is 0 Å². The van der Waals surface area contributed by atoms with Crippen molar-refractivity contribution in [3.05, 3.63) is 64.4 Å². The minimum Gasteiger partial charge on any atom is -0.462 e. The molecule has 0 aromatic heterocycles. The molecule has 0 atom stereocenters. The van der Waals surface area contributed by atoms with Gasteiger partial charge in [-0.2, -0.15) is 5.26 Å². The topological polar surface area (TPSA) is 62.6 Å². The van der Waals surface area contributed by atoms with E-state index in [2.05, 4.69) is 23.1 Å². The van der Waals surface area contributed by atoms with Gasteiger partial charge < -0.3 is 14.4 Å². The van der Waals surface area contributed by atoms with Crippen molar-refractivity contribution in [2.75, 3.05) is 32.9 Å². The van der Waals surface area contributed by atoms with Gasteiger partial charge in [0.2, 0.25) is 0 Å². The van der Waals surface area contributed by atoms with Gasteiger partial charge in [0.05, 0.1) is 19.8 Å². The summed E-state index contributed by atoms with van der Waals surface area (Å²) >= 11 is 0. The first-order valence-electron chi connectivity index (χ1n) is 9.33. The van der Waals surface area contributed by atoms with Gasteiger partial charge in [0.25, 0.3) is 0 Å². The molecule has 1 fully saturated rings. The van der Waals surface area contributed by atoms with Crippen LogP contribution in [0.3, 0.4) is 0 Å². The number of carbonyl (C=O) groups is 1. The van der Waals surface area contributed by atoms with Crippen LogP contribution in [-0.2, 0) is 14.3 Å². The Morgan fingerprint density at radius 2 is 2.00 bits per heavy atom. The Labute approximate surface area is 160 Å². The van der Waals surface area contributed by atoms with Crippen LogP contribution in [0.5, 0.6) is 0 Å². The van der Waals surface area contributed by atoms with E-state index in [1.807, 2.05) is 24.3 Å². The molecule has 0 unspecified atom stereocenters. The van der Waals surface area contributed by atoms with Gasteiger partial charge in [0, 0.05) is 18.8 Å². The average molecular weight is 364 g/mol. The predicted octanol–water partition coefficient (Wildman–Crippen LogP) is 3.46. The predicted molar refractivity (Wildman–Crippen MR) is 103 cm³/mol.